The van der Waals surface area contributed by atoms with Crippen molar-refractivity contribution in [2.45, 2.75) is 13.0 Å². The van der Waals surface area contributed by atoms with Crippen LogP contribution in [-0.4, -0.2) is 23.5 Å². The predicted molar refractivity (Wildman–Crippen MR) is 90.1 cm³/mol. The lowest BCUT2D eigenvalue weighted by molar-refractivity contribution is -0.125. The molecule has 7 heteroatoms. The first-order chi connectivity index (χ1) is 12.0. The molecule has 0 unspecified atom stereocenters. The Morgan fingerprint density at radius 2 is 2.04 bits per heavy atom. The van der Waals surface area contributed by atoms with Crippen LogP contribution < -0.4 is 10.9 Å². The van der Waals surface area contributed by atoms with Crippen molar-refractivity contribution in [1.29, 1.82) is 0 Å². The zero-order chi connectivity index (χ0) is 17.8. The van der Waals surface area contributed by atoms with E-state index >= 15 is 0 Å². The van der Waals surface area contributed by atoms with Crippen molar-refractivity contribution in [1.82, 2.24) is 10.3 Å². The summed E-state index contributed by atoms with van der Waals surface area (Å²) in [4.78, 5) is 38.5. The molecule has 7 nitrogen and oxygen atoms in total. The molecule has 0 saturated heterocycles. The van der Waals surface area contributed by atoms with Gasteiger partial charge in [0.25, 0.3) is 5.91 Å². The molecule has 1 amide bonds. The van der Waals surface area contributed by atoms with Gasteiger partial charge < -0.3 is 19.5 Å². The topological polar surface area (TPSA) is 101 Å². The Morgan fingerprint density at radius 3 is 2.80 bits per heavy atom. The van der Waals surface area contributed by atoms with Crippen molar-refractivity contribution in [3.63, 3.8) is 0 Å². The number of fused-ring (bicyclic) bond motifs is 1. The van der Waals surface area contributed by atoms with Crippen molar-refractivity contribution in [3.05, 3.63) is 70.4 Å². The Balaban J connectivity index is 1.67. The number of para-hydroxylation sites is 1. The largest absolute Gasteiger partial charge is 0.467 e. The van der Waals surface area contributed by atoms with E-state index in [1.807, 2.05) is 0 Å². The SMILES string of the molecule is C[C@H](NC(=O)COC(=O)c1cc(=O)[nH]c2ccccc12)c1ccco1. The van der Waals surface area contributed by atoms with Crippen LogP contribution >= 0.6 is 0 Å². The highest BCUT2D eigenvalue weighted by Gasteiger charge is 2.16. The van der Waals surface area contributed by atoms with Crippen molar-refractivity contribution < 1.29 is 18.7 Å². The molecule has 0 aliphatic rings. The zero-order valence-electron chi connectivity index (χ0n) is 13.4. The van der Waals surface area contributed by atoms with Gasteiger partial charge in [-0.1, -0.05) is 18.2 Å². The van der Waals surface area contributed by atoms with Crippen LogP contribution in [0.15, 0.2) is 57.9 Å². The quantitative estimate of drug-likeness (QED) is 0.693. The Hall–Kier alpha value is -3.35. The molecule has 0 spiro atoms. The molecule has 1 aromatic carbocycles. The fourth-order valence-electron chi connectivity index (χ4n) is 2.47. The van der Waals surface area contributed by atoms with Crippen LogP contribution in [-0.2, 0) is 9.53 Å². The summed E-state index contributed by atoms with van der Waals surface area (Å²) in [6.07, 6.45) is 1.51. The Bertz CT molecular complexity index is 959. The van der Waals surface area contributed by atoms with Gasteiger partial charge in [0.05, 0.1) is 17.9 Å². The lowest BCUT2D eigenvalue weighted by atomic mass is 10.1. The van der Waals surface area contributed by atoms with E-state index < -0.39 is 24.0 Å². The van der Waals surface area contributed by atoms with Crippen LogP contribution in [0.2, 0.25) is 0 Å². The molecule has 0 saturated carbocycles. The predicted octanol–water partition coefficient (Wildman–Crippen LogP) is 2.16. The first kappa shape index (κ1) is 16.5. The highest BCUT2D eigenvalue weighted by Crippen LogP contribution is 2.15. The lowest BCUT2D eigenvalue weighted by Gasteiger charge is -2.12. The molecule has 0 aliphatic heterocycles. The smallest absolute Gasteiger partial charge is 0.339 e. The molecule has 25 heavy (non-hydrogen) atoms. The van der Waals surface area contributed by atoms with Crippen molar-refractivity contribution in [2.24, 2.45) is 0 Å². The minimum Gasteiger partial charge on any atom is -0.467 e. The third kappa shape index (κ3) is 3.77. The first-order valence-corrected chi connectivity index (χ1v) is 7.66. The molecular weight excluding hydrogens is 324 g/mol. The normalized spacial score (nSPS) is 11.9. The highest BCUT2D eigenvalue weighted by atomic mass is 16.5. The number of hydrogen-bond donors (Lipinski definition) is 2. The summed E-state index contributed by atoms with van der Waals surface area (Å²) in [5.41, 5.74) is 0.227. The number of nitrogens with one attached hydrogen (secondary N) is 2. The van der Waals surface area contributed by atoms with Crippen molar-refractivity contribution >= 4 is 22.8 Å². The van der Waals surface area contributed by atoms with Gasteiger partial charge in [-0.25, -0.2) is 4.79 Å². The summed E-state index contributed by atoms with van der Waals surface area (Å²) >= 11 is 0. The van der Waals surface area contributed by atoms with Crippen LogP contribution in [0, 0.1) is 0 Å². The second kappa shape index (κ2) is 7.04. The van der Waals surface area contributed by atoms with Gasteiger partial charge in [-0.2, -0.15) is 0 Å². The molecule has 2 aromatic heterocycles. The molecule has 0 aliphatic carbocycles. The number of ether oxygens (including phenoxy) is 1. The molecular formula is C18H16N2O5. The van der Waals surface area contributed by atoms with E-state index in [1.165, 1.54) is 6.26 Å². The number of amides is 1. The molecule has 3 rings (SSSR count). The maximum atomic E-state index is 12.3. The molecule has 2 N–H and O–H groups in total. The summed E-state index contributed by atoms with van der Waals surface area (Å²) in [6, 6.07) is 11.1. The summed E-state index contributed by atoms with van der Waals surface area (Å²) in [7, 11) is 0. The molecule has 128 valence electrons. The van der Waals surface area contributed by atoms with E-state index in [-0.39, 0.29) is 11.6 Å². The van der Waals surface area contributed by atoms with E-state index in [1.54, 1.807) is 43.3 Å². The van der Waals surface area contributed by atoms with E-state index in [9.17, 15) is 14.4 Å². The van der Waals surface area contributed by atoms with Gasteiger partial charge >= 0.3 is 5.97 Å². The number of carbonyl (C=O) groups is 2. The third-order valence-electron chi connectivity index (χ3n) is 3.65. The number of hydrogen-bond acceptors (Lipinski definition) is 5. The second-order valence-electron chi connectivity index (χ2n) is 5.47. The van der Waals surface area contributed by atoms with Gasteiger partial charge in [0.1, 0.15) is 5.76 Å². The van der Waals surface area contributed by atoms with Gasteiger partial charge in [-0.15, -0.1) is 0 Å². The maximum Gasteiger partial charge on any atom is 0.339 e. The lowest BCUT2D eigenvalue weighted by Crippen LogP contribution is -2.31. The first-order valence-electron chi connectivity index (χ1n) is 7.66. The minimum atomic E-state index is -0.733. The third-order valence-corrected chi connectivity index (χ3v) is 3.65. The maximum absolute atomic E-state index is 12.3. The fraction of sp³-hybridized carbons (Fsp3) is 0.167. The number of aromatic amines is 1. The Morgan fingerprint density at radius 1 is 1.24 bits per heavy atom. The zero-order valence-corrected chi connectivity index (χ0v) is 13.4. The van der Waals surface area contributed by atoms with Crippen LogP contribution in [0.25, 0.3) is 10.9 Å². The van der Waals surface area contributed by atoms with E-state index in [2.05, 4.69) is 10.3 Å². The van der Waals surface area contributed by atoms with Crippen LogP contribution in [0.3, 0.4) is 0 Å². The molecule has 0 bridgehead atoms. The number of carbonyl (C=O) groups excluding carboxylic acids is 2. The average molecular weight is 340 g/mol. The minimum absolute atomic E-state index is 0.117. The van der Waals surface area contributed by atoms with Gasteiger partial charge in [-0.3, -0.25) is 9.59 Å². The van der Waals surface area contributed by atoms with Crippen molar-refractivity contribution in [3.8, 4) is 0 Å². The van der Waals surface area contributed by atoms with E-state index in [4.69, 9.17) is 9.15 Å². The van der Waals surface area contributed by atoms with Crippen LogP contribution in [0.1, 0.15) is 29.1 Å². The molecule has 2 heterocycles. The standard InChI is InChI=1S/C18H16N2O5/c1-11(15-7-4-8-24-15)19-17(22)10-25-18(23)13-9-16(21)20-14-6-3-2-5-12(13)14/h2-9,11H,10H2,1H3,(H,19,22)(H,20,21)/t11-/m0/s1. The molecule has 3 aromatic rings. The average Bonchev–Trinajstić information content (AvgIpc) is 3.13. The summed E-state index contributed by atoms with van der Waals surface area (Å²) in [6.45, 7) is 1.30. The second-order valence-corrected chi connectivity index (χ2v) is 5.47. The number of H-pyrrole nitrogens is 1. The summed E-state index contributed by atoms with van der Waals surface area (Å²) in [5.74, 6) is -0.602. The van der Waals surface area contributed by atoms with Crippen LogP contribution in [0.4, 0.5) is 0 Å². The van der Waals surface area contributed by atoms with Crippen molar-refractivity contribution in [2.75, 3.05) is 6.61 Å². The molecule has 1 atom stereocenters. The van der Waals surface area contributed by atoms with Gasteiger partial charge in [-0.05, 0) is 25.1 Å². The van der Waals surface area contributed by atoms with E-state index in [0.29, 0.717) is 16.7 Å². The Kier molecular flexibility index (Phi) is 4.65. The van der Waals surface area contributed by atoms with E-state index in [0.717, 1.165) is 6.07 Å². The van der Waals surface area contributed by atoms with Gasteiger partial charge in [0.15, 0.2) is 6.61 Å². The summed E-state index contributed by atoms with van der Waals surface area (Å²) in [5, 5.41) is 3.21. The number of furan rings is 1. The highest BCUT2D eigenvalue weighted by molar-refractivity contribution is 6.03. The monoisotopic (exact) mass is 340 g/mol. The molecule has 0 fully saturated rings. The van der Waals surface area contributed by atoms with Gasteiger partial charge in [0, 0.05) is 17.0 Å². The number of pyridine rings is 1. The number of aromatic nitrogens is 1. The molecule has 0 radical (unpaired) electrons. The van der Waals surface area contributed by atoms with Crippen LogP contribution in [0.5, 0.6) is 0 Å². The van der Waals surface area contributed by atoms with Gasteiger partial charge in [0.2, 0.25) is 5.56 Å². The number of rotatable bonds is 5. The summed E-state index contributed by atoms with van der Waals surface area (Å²) < 4.78 is 10.2. The fourth-order valence-corrected chi connectivity index (χ4v) is 2.47. The Labute approximate surface area is 142 Å². The number of esters is 1. The number of benzene rings is 1.